The Morgan fingerprint density at radius 1 is 1.32 bits per heavy atom. The van der Waals surface area contributed by atoms with E-state index in [1.54, 1.807) is 0 Å². The number of halogens is 3. The van der Waals surface area contributed by atoms with Crippen molar-refractivity contribution in [3.05, 3.63) is 0 Å². The molecule has 0 saturated heterocycles. The van der Waals surface area contributed by atoms with Gasteiger partial charge in [-0.05, 0) is 19.3 Å². The molecular formula is C11H18F3NO3S. The lowest BCUT2D eigenvalue weighted by atomic mass is 9.86. The number of hydrogen-bond donors (Lipinski definition) is 1. The van der Waals surface area contributed by atoms with Crippen molar-refractivity contribution in [1.29, 1.82) is 0 Å². The molecule has 2 atom stereocenters. The fraction of sp³-hybridized carbons (Fsp3) is 0.909. The first-order chi connectivity index (χ1) is 8.59. The van der Waals surface area contributed by atoms with Crippen molar-refractivity contribution in [2.45, 2.75) is 37.1 Å². The van der Waals surface area contributed by atoms with Crippen LogP contribution in [0.2, 0.25) is 0 Å². The molecule has 0 aromatic carbocycles. The van der Waals surface area contributed by atoms with Crippen LogP contribution in [-0.2, 0) is 14.6 Å². The van der Waals surface area contributed by atoms with E-state index in [4.69, 9.17) is 0 Å². The minimum atomic E-state index is -4.35. The third-order valence-electron chi connectivity index (χ3n) is 3.31. The normalized spacial score (nSPS) is 25.3. The van der Waals surface area contributed by atoms with Crippen LogP contribution in [0.4, 0.5) is 13.2 Å². The van der Waals surface area contributed by atoms with Crippen LogP contribution in [0.5, 0.6) is 0 Å². The molecule has 1 aliphatic carbocycles. The highest BCUT2D eigenvalue weighted by molar-refractivity contribution is 7.91. The molecule has 1 rings (SSSR count). The van der Waals surface area contributed by atoms with Crippen molar-refractivity contribution < 1.29 is 26.4 Å². The number of Topliss-reactive ketones (excluding diaryl/α,β-unsaturated/α-hetero) is 1. The molecular weight excluding hydrogens is 283 g/mol. The Morgan fingerprint density at radius 2 is 1.95 bits per heavy atom. The number of rotatable bonds is 5. The highest BCUT2D eigenvalue weighted by atomic mass is 32.2. The van der Waals surface area contributed by atoms with Crippen molar-refractivity contribution in [2.24, 2.45) is 5.92 Å². The molecule has 0 radical (unpaired) electrons. The molecule has 0 bridgehead atoms. The largest absolute Gasteiger partial charge is 0.401 e. The SMILES string of the molecule is CS(=O)(=O)C1CCCC(C(=O)CNCC(F)(F)F)C1. The maximum absolute atomic E-state index is 11.9. The molecule has 19 heavy (non-hydrogen) atoms. The zero-order valence-electron chi connectivity index (χ0n) is 10.7. The minimum absolute atomic E-state index is 0.228. The molecule has 1 N–H and O–H groups in total. The molecule has 0 aromatic heterocycles. The summed E-state index contributed by atoms with van der Waals surface area (Å²) in [4.78, 5) is 11.7. The molecule has 1 fully saturated rings. The van der Waals surface area contributed by atoms with Crippen LogP contribution in [0, 0.1) is 5.92 Å². The summed E-state index contributed by atoms with van der Waals surface area (Å²) in [5.74, 6) is -0.785. The Bertz CT molecular complexity index is 419. The molecule has 0 aromatic rings. The molecule has 0 heterocycles. The quantitative estimate of drug-likeness (QED) is 0.831. The van der Waals surface area contributed by atoms with Gasteiger partial charge in [-0.15, -0.1) is 0 Å². The summed E-state index contributed by atoms with van der Waals surface area (Å²) in [5.41, 5.74) is 0. The molecule has 0 aliphatic heterocycles. The maximum atomic E-state index is 11.9. The summed E-state index contributed by atoms with van der Waals surface area (Å²) in [7, 11) is -3.19. The third kappa shape index (κ3) is 5.90. The molecule has 1 aliphatic rings. The third-order valence-corrected chi connectivity index (χ3v) is 4.95. The Balaban J connectivity index is 2.45. The van der Waals surface area contributed by atoms with Gasteiger partial charge in [-0.3, -0.25) is 4.79 Å². The average Bonchev–Trinajstić information content (AvgIpc) is 2.26. The summed E-state index contributed by atoms with van der Waals surface area (Å²) in [6.45, 7) is -1.57. The Kier molecular flexibility index (Phi) is 5.37. The van der Waals surface area contributed by atoms with Crippen LogP contribution in [-0.4, -0.2) is 45.0 Å². The van der Waals surface area contributed by atoms with Gasteiger partial charge in [0.15, 0.2) is 0 Å². The second-order valence-electron chi connectivity index (χ2n) is 5.00. The highest BCUT2D eigenvalue weighted by Gasteiger charge is 2.33. The van der Waals surface area contributed by atoms with Crippen molar-refractivity contribution in [3.8, 4) is 0 Å². The number of sulfone groups is 1. The van der Waals surface area contributed by atoms with Gasteiger partial charge in [-0.2, -0.15) is 13.2 Å². The van der Waals surface area contributed by atoms with Crippen LogP contribution in [0.15, 0.2) is 0 Å². The maximum Gasteiger partial charge on any atom is 0.401 e. The molecule has 4 nitrogen and oxygen atoms in total. The van der Waals surface area contributed by atoms with Crippen molar-refractivity contribution in [3.63, 3.8) is 0 Å². The van der Waals surface area contributed by atoms with E-state index in [-0.39, 0.29) is 18.7 Å². The lowest BCUT2D eigenvalue weighted by Crippen LogP contribution is -2.38. The second kappa shape index (κ2) is 6.21. The van der Waals surface area contributed by atoms with Crippen LogP contribution < -0.4 is 5.32 Å². The lowest BCUT2D eigenvalue weighted by molar-refractivity contribution is -0.129. The van der Waals surface area contributed by atoms with Gasteiger partial charge >= 0.3 is 6.18 Å². The highest BCUT2D eigenvalue weighted by Crippen LogP contribution is 2.29. The number of carbonyl (C=O) groups excluding carboxylic acids is 1. The summed E-state index contributed by atoms with van der Waals surface area (Å²) in [6, 6.07) is 0. The first-order valence-electron chi connectivity index (χ1n) is 6.08. The number of alkyl halides is 3. The lowest BCUT2D eigenvalue weighted by Gasteiger charge is -2.27. The molecule has 0 spiro atoms. The molecule has 112 valence electrons. The summed E-state index contributed by atoms with van der Waals surface area (Å²) in [6.07, 6.45) is -1.29. The van der Waals surface area contributed by atoms with Crippen LogP contribution in [0.1, 0.15) is 25.7 Å². The van der Waals surface area contributed by atoms with Gasteiger partial charge in [0.1, 0.15) is 15.6 Å². The van der Waals surface area contributed by atoms with E-state index in [1.165, 1.54) is 0 Å². The summed E-state index contributed by atoms with van der Waals surface area (Å²) < 4.78 is 58.6. The van der Waals surface area contributed by atoms with Crippen LogP contribution in [0.25, 0.3) is 0 Å². The fourth-order valence-electron chi connectivity index (χ4n) is 2.30. The van der Waals surface area contributed by atoms with Crippen molar-refractivity contribution in [2.75, 3.05) is 19.3 Å². The Hall–Kier alpha value is -0.630. The van der Waals surface area contributed by atoms with Crippen molar-refractivity contribution >= 4 is 15.6 Å². The van der Waals surface area contributed by atoms with Gasteiger partial charge in [-0.1, -0.05) is 6.42 Å². The number of hydrogen-bond acceptors (Lipinski definition) is 4. The van der Waals surface area contributed by atoms with Crippen molar-refractivity contribution in [1.82, 2.24) is 5.32 Å². The van der Waals surface area contributed by atoms with Gasteiger partial charge in [0.2, 0.25) is 0 Å². The Labute approximate surface area is 110 Å². The number of nitrogens with one attached hydrogen (secondary N) is 1. The van der Waals surface area contributed by atoms with E-state index in [9.17, 15) is 26.4 Å². The zero-order valence-corrected chi connectivity index (χ0v) is 11.5. The number of carbonyl (C=O) groups is 1. The smallest absolute Gasteiger partial charge is 0.302 e. The van der Waals surface area contributed by atoms with E-state index >= 15 is 0 Å². The monoisotopic (exact) mass is 301 g/mol. The van der Waals surface area contributed by atoms with Crippen LogP contribution >= 0.6 is 0 Å². The van der Waals surface area contributed by atoms with Gasteiger partial charge in [-0.25, -0.2) is 8.42 Å². The van der Waals surface area contributed by atoms with Gasteiger partial charge in [0, 0.05) is 12.2 Å². The van der Waals surface area contributed by atoms with Gasteiger partial charge < -0.3 is 5.32 Å². The molecule has 0 amide bonds. The standard InChI is InChI=1S/C11H18F3NO3S/c1-19(17,18)9-4-2-3-8(5-9)10(16)6-15-7-11(12,13)14/h8-9,15H,2-7H2,1H3. The van der Waals surface area contributed by atoms with E-state index in [2.05, 4.69) is 5.32 Å². The average molecular weight is 301 g/mol. The fourth-order valence-corrected chi connectivity index (χ4v) is 3.47. The van der Waals surface area contributed by atoms with E-state index < -0.39 is 33.7 Å². The van der Waals surface area contributed by atoms with E-state index in [1.807, 2.05) is 0 Å². The molecule has 1 saturated carbocycles. The number of ketones is 1. The predicted molar refractivity (Wildman–Crippen MR) is 64.5 cm³/mol. The first kappa shape index (κ1) is 16.4. The van der Waals surface area contributed by atoms with Gasteiger partial charge in [0.25, 0.3) is 0 Å². The molecule has 2 unspecified atom stereocenters. The van der Waals surface area contributed by atoms with E-state index in [0.29, 0.717) is 19.3 Å². The van der Waals surface area contributed by atoms with E-state index in [0.717, 1.165) is 6.26 Å². The zero-order chi connectivity index (χ0) is 14.7. The summed E-state index contributed by atoms with van der Waals surface area (Å²) >= 11 is 0. The topological polar surface area (TPSA) is 63.2 Å². The Morgan fingerprint density at radius 3 is 2.47 bits per heavy atom. The summed E-state index contributed by atoms with van der Waals surface area (Å²) in [5, 5.41) is 1.51. The second-order valence-corrected chi connectivity index (χ2v) is 7.33. The predicted octanol–water partition coefficient (Wildman–Crippen LogP) is 1.31. The first-order valence-corrected chi connectivity index (χ1v) is 8.04. The minimum Gasteiger partial charge on any atom is -0.302 e. The molecule has 8 heteroatoms. The van der Waals surface area contributed by atoms with Crippen LogP contribution in [0.3, 0.4) is 0 Å². The van der Waals surface area contributed by atoms with Gasteiger partial charge in [0.05, 0.1) is 18.3 Å².